The van der Waals surface area contributed by atoms with Gasteiger partial charge in [-0.3, -0.25) is 9.69 Å². The van der Waals surface area contributed by atoms with E-state index in [1.807, 2.05) is 41.3 Å². The number of piperazine rings is 1. The summed E-state index contributed by atoms with van der Waals surface area (Å²) >= 11 is 1.33. The molecule has 0 atom stereocenters. The number of amides is 1. The lowest BCUT2D eigenvalue weighted by Crippen LogP contribution is -2.48. The maximum atomic E-state index is 12.8. The molecule has 0 saturated carbocycles. The Bertz CT molecular complexity index is 1130. The van der Waals surface area contributed by atoms with Crippen molar-refractivity contribution in [3.63, 3.8) is 0 Å². The van der Waals surface area contributed by atoms with Gasteiger partial charge in [0.05, 0.1) is 12.9 Å². The smallest absolute Gasteiger partial charge is 0.233 e. The van der Waals surface area contributed by atoms with Gasteiger partial charge in [0.2, 0.25) is 17.9 Å². The molecule has 0 bridgehead atoms. The number of ether oxygens (including phenoxy) is 3. The van der Waals surface area contributed by atoms with Crippen LogP contribution in [0.1, 0.15) is 5.56 Å². The fourth-order valence-corrected chi connectivity index (χ4v) is 4.68. The van der Waals surface area contributed by atoms with Crippen molar-refractivity contribution in [2.45, 2.75) is 11.7 Å². The van der Waals surface area contributed by atoms with E-state index in [4.69, 9.17) is 14.2 Å². The van der Waals surface area contributed by atoms with E-state index in [1.165, 1.54) is 17.3 Å². The number of methoxy groups -OCH3 is 1. The van der Waals surface area contributed by atoms with Crippen molar-refractivity contribution in [2.24, 2.45) is 0 Å². The van der Waals surface area contributed by atoms with Crippen LogP contribution < -0.4 is 14.2 Å². The molecule has 0 spiro atoms. The monoisotopic (exact) mass is 468 g/mol. The molecule has 5 rings (SSSR count). The van der Waals surface area contributed by atoms with E-state index in [2.05, 4.69) is 26.5 Å². The average molecular weight is 469 g/mol. The highest BCUT2D eigenvalue weighted by Gasteiger charge is 2.23. The molecule has 0 unspecified atom stereocenters. The summed E-state index contributed by atoms with van der Waals surface area (Å²) in [6.45, 7) is 4.14. The van der Waals surface area contributed by atoms with Crippen molar-refractivity contribution < 1.29 is 19.0 Å². The van der Waals surface area contributed by atoms with Crippen LogP contribution in [0.3, 0.4) is 0 Å². The second-order valence-corrected chi connectivity index (χ2v) is 8.62. The number of para-hydroxylation sites is 2. The van der Waals surface area contributed by atoms with Crippen molar-refractivity contribution in [2.75, 3.05) is 45.8 Å². The van der Waals surface area contributed by atoms with Gasteiger partial charge in [0.25, 0.3) is 0 Å². The number of nitrogens with zero attached hydrogens (tertiary/aromatic N) is 6. The molecule has 2 aromatic carbocycles. The number of hydrogen-bond acceptors (Lipinski definition) is 9. The van der Waals surface area contributed by atoms with Gasteiger partial charge in [-0.1, -0.05) is 30.0 Å². The summed E-state index contributed by atoms with van der Waals surface area (Å²) in [7, 11) is 1.60. The van der Waals surface area contributed by atoms with Crippen LogP contribution in [0.15, 0.2) is 47.6 Å². The first kappa shape index (κ1) is 21.5. The largest absolute Gasteiger partial charge is 0.494 e. The van der Waals surface area contributed by atoms with Gasteiger partial charge in [-0.15, -0.1) is 5.10 Å². The molecule has 1 saturated heterocycles. The minimum absolute atomic E-state index is 0.0808. The average Bonchev–Trinajstić information content (AvgIpc) is 3.52. The fraction of sp³-hybridized carbons (Fsp3) is 0.364. The van der Waals surface area contributed by atoms with Crippen molar-refractivity contribution in [3.05, 3.63) is 48.0 Å². The highest BCUT2D eigenvalue weighted by Crippen LogP contribution is 2.33. The van der Waals surface area contributed by atoms with Crippen LogP contribution in [-0.4, -0.2) is 81.7 Å². The number of thioether (sulfide) groups is 1. The van der Waals surface area contributed by atoms with E-state index in [9.17, 15) is 4.79 Å². The van der Waals surface area contributed by atoms with Gasteiger partial charge < -0.3 is 19.1 Å². The summed E-state index contributed by atoms with van der Waals surface area (Å²) < 4.78 is 17.8. The molecule has 33 heavy (non-hydrogen) atoms. The first-order chi connectivity index (χ1) is 16.2. The van der Waals surface area contributed by atoms with Gasteiger partial charge in [0, 0.05) is 32.7 Å². The van der Waals surface area contributed by atoms with Gasteiger partial charge in [-0.05, 0) is 40.3 Å². The molecule has 11 heteroatoms. The Kier molecular flexibility index (Phi) is 6.31. The van der Waals surface area contributed by atoms with Gasteiger partial charge in [-0.25, -0.2) is 0 Å². The molecule has 10 nitrogen and oxygen atoms in total. The SMILES string of the molecule is COc1ccccc1-n1nnnc1SCC(=O)N1CCN(Cc2ccc3c(c2)OCO3)CC1. The third-order valence-electron chi connectivity index (χ3n) is 5.65. The highest BCUT2D eigenvalue weighted by atomic mass is 32.2. The predicted molar refractivity (Wildman–Crippen MR) is 121 cm³/mol. The number of carbonyl (C=O) groups excluding carboxylic acids is 1. The Morgan fingerprint density at radius 1 is 1.09 bits per heavy atom. The van der Waals surface area contributed by atoms with Gasteiger partial charge >= 0.3 is 0 Å². The molecular weight excluding hydrogens is 444 g/mol. The van der Waals surface area contributed by atoms with Crippen LogP contribution in [0.4, 0.5) is 0 Å². The van der Waals surface area contributed by atoms with E-state index < -0.39 is 0 Å². The third-order valence-corrected chi connectivity index (χ3v) is 6.55. The minimum atomic E-state index is 0.0808. The van der Waals surface area contributed by atoms with E-state index in [0.29, 0.717) is 24.0 Å². The van der Waals surface area contributed by atoms with Gasteiger partial charge in [0.1, 0.15) is 11.4 Å². The molecule has 1 amide bonds. The molecule has 1 aromatic heterocycles. The number of fused-ring (bicyclic) bond motifs is 1. The Morgan fingerprint density at radius 2 is 1.91 bits per heavy atom. The summed E-state index contributed by atoms with van der Waals surface area (Å²) in [6, 6.07) is 13.5. The standard InChI is InChI=1S/C22H24N6O4S/c1-30-18-5-3-2-4-17(18)28-22(23-24-25-28)33-14-21(29)27-10-8-26(9-11-27)13-16-6-7-19-20(12-16)32-15-31-19/h2-7,12H,8-11,13-15H2,1H3. The molecule has 0 N–H and O–H groups in total. The van der Waals surface area contributed by atoms with Crippen LogP contribution in [0, 0.1) is 0 Å². The van der Waals surface area contributed by atoms with Crippen molar-refractivity contribution in [1.82, 2.24) is 30.0 Å². The zero-order chi connectivity index (χ0) is 22.6. The number of aromatic nitrogens is 4. The van der Waals surface area contributed by atoms with Gasteiger partial charge in [-0.2, -0.15) is 4.68 Å². The second kappa shape index (κ2) is 9.67. The molecule has 2 aliphatic rings. The van der Waals surface area contributed by atoms with Crippen molar-refractivity contribution in [3.8, 4) is 22.9 Å². The first-order valence-electron chi connectivity index (χ1n) is 10.6. The lowest BCUT2D eigenvalue weighted by atomic mass is 10.1. The van der Waals surface area contributed by atoms with E-state index in [1.54, 1.807) is 11.8 Å². The third kappa shape index (κ3) is 4.74. The Balaban J connectivity index is 1.13. The number of rotatable bonds is 7. The van der Waals surface area contributed by atoms with Crippen LogP contribution >= 0.6 is 11.8 Å². The van der Waals surface area contributed by atoms with Crippen molar-refractivity contribution in [1.29, 1.82) is 0 Å². The Labute approximate surface area is 195 Å². The second-order valence-electron chi connectivity index (χ2n) is 7.68. The summed E-state index contributed by atoms with van der Waals surface area (Å²) in [5, 5.41) is 12.5. The van der Waals surface area contributed by atoms with Crippen LogP contribution in [0.25, 0.3) is 5.69 Å². The molecular formula is C22H24N6O4S. The first-order valence-corrected chi connectivity index (χ1v) is 11.6. The number of tetrazole rings is 1. The Hall–Kier alpha value is -3.31. The fourth-order valence-electron chi connectivity index (χ4n) is 3.90. The molecule has 3 aromatic rings. The lowest BCUT2D eigenvalue weighted by molar-refractivity contribution is -0.130. The quantitative estimate of drug-likeness (QED) is 0.481. The summed E-state index contributed by atoms with van der Waals surface area (Å²) in [6.07, 6.45) is 0. The minimum Gasteiger partial charge on any atom is -0.494 e. The number of hydrogen-bond donors (Lipinski definition) is 0. The normalized spacial score (nSPS) is 15.6. The molecule has 0 aliphatic carbocycles. The molecule has 1 fully saturated rings. The summed E-state index contributed by atoms with van der Waals surface area (Å²) in [4.78, 5) is 17.1. The molecule has 3 heterocycles. The van der Waals surface area contributed by atoms with Crippen LogP contribution in [0.2, 0.25) is 0 Å². The highest BCUT2D eigenvalue weighted by molar-refractivity contribution is 7.99. The number of benzene rings is 2. The molecule has 2 aliphatic heterocycles. The topological polar surface area (TPSA) is 94.8 Å². The zero-order valence-corrected chi connectivity index (χ0v) is 19.0. The molecule has 172 valence electrons. The van der Waals surface area contributed by atoms with Gasteiger partial charge in [0.15, 0.2) is 11.5 Å². The maximum Gasteiger partial charge on any atom is 0.233 e. The van der Waals surface area contributed by atoms with E-state index in [-0.39, 0.29) is 18.5 Å². The van der Waals surface area contributed by atoms with E-state index >= 15 is 0 Å². The van der Waals surface area contributed by atoms with Crippen LogP contribution in [-0.2, 0) is 11.3 Å². The molecule has 0 radical (unpaired) electrons. The lowest BCUT2D eigenvalue weighted by Gasteiger charge is -2.34. The maximum absolute atomic E-state index is 12.8. The Morgan fingerprint density at radius 3 is 2.76 bits per heavy atom. The summed E-state index contributed by atoms with van der Waals surface area (Å²) in [5.41, 5.74) is 1.91. The van der Waals surface area contributed by atoms with Crippen molar-refractivity contribution >= 4 is 17.7 Å². The predicted octanol–water partition coefficient (Wildman–Crippen LogP) is 1.84. The summed E-state index contributed by atoms with van der Waals surface area (Å²) in [5.74, 6) is 2.61. The zero-order valence-electron chi connectivity index (χ0n) is 18.2. The number of carbonyl (C=O) groups is 1. The van der Waals surface area contributed by atoms with E-state index in [0.717, 1.165) is 36.8 Å². The van der Waals surface area contributed by atoms with Crippen LogP contribution in [0.5, 0.6) is 17.2 Å².